The van der Waals surface area contributed by atoms with E-state index < -0.39 is 10.0 Å². The summed E-state index contributed by atoms with van der Waals surface area (Å²) in [5, 5.41) is 3.66. The zero-order valence-corrected chi connectivity index (χ0v) is 17.1. The molecule has 0 spiro atoms. The maximum atomic E-state index is 12.2. The van der Waals surface area contributed by atoms with E-state index in [1.54, 1.807) is 6.07 Å². The summed E-state index contributed by atoms with van der Waals surface area (Å²) in [6.07, 6.45) is 4.28. The van der Waals surface area contributed by atoms with Crippen LogP contribution in [0.15, 0.2) is 22.6 Å². The molecule has 9 heteroatoms. The van der Waals surface area contributed by atoms with Crippen molar-refractivity contribution in [3.63, 3.8) is 0 Å². The first-order chi connectivity index (χ1) is 14.0. The van der Waals surface area contributed by atoms with Gasteiger partial charge >= 0.3 is 0 Å². The van der Waals surface area contributed by atoms with Gasteiger partial charge in [0.2, 0.25) is 10.0 Å². The molecule has 2 aliphatic rings. The van der Waals surface area contributed by atoms with Crippen LogP contribution in [0.2, 0.25) is 0 Å². The van der Waals surface area contributed by atoms with Crippen molar-refractivity contribution < 1.29 is 27.1 Å². The average molecular weight is 423 g/mol. The molecule has 1 aliphatic carbocycles. The molecule has 0 atom stereocenters. The van der Waals surface area contributed by atoms with Gasteiger partial charge in [-0.2, -0.15) is 4.31 Å². The number of carbonyl (C=O) groups excluding carboxylic acids is 1. The third-order valence-corrected chi connectivity index (χ3v) is 7.21. The molecular weight excluding hydrogens is 396 g/mol. The number of carbonyl (C=O) groups is 1. The fourth-order valence-electron chi connectivity index (χ4n) is 3.80. The fourth-order valence-corrected chi connectivity index (χ4v) is 5.13. The van der Waals surface area contributed by atoms with Gasteiger partial charge in [-0.05, 0) is 37.5 Å². The molecule has 4 rings (SSSR count). The predicted octanol–water partition coefficient (Wildman–Crippen LogP) is 1.47. The average Bonchev–Trinajstić information content (AvgIpc) is 3.11. The molecule has 1 aliphatic heterocycles. The number of nitrogens with zero attached hydrogens (tertiary/aromatic N) is 1. The molecule has 0 radical (unpaired) electrons. The first-order valence-corrected chi connectivity index (χ1v) is 11.6. The van der Waals surface area contributed by atoms with Crippen LogP contribution in [0, 0.1) is 0 Å². The SMILES string of the molecule is O=C(COc1ccc2oc3c(c2c1)CCCC3)NCCS(=O)(=O)N1CCOCC1. The number of benzene rings is 1. The molecule has 0 unspecified atom stereocenters. The van der Waals surface area contributed by atoms with E-state index in [2.05, 4.69) is 5.32 Å². The molecule has 1 saturated heterocycles. The number of furan rings is 1. The second-order valence-corrected chi connectivity index (χ2v) is 9.42. The molecule has 2 aromatic rings. The van der Waals surface area contributed by atoms with E-state index in [9.17, 15) is 13.2 Å². The van der Waals surface area contributed by atoms with Crippen molar-refractivity contribution in [2.45, 2.75) is 25.7 Å². The van der Waals surface area contributed by atoms with Crippen LogP contribution >= 0.6 is 0 Å². The Morgan fingerprint density at radius 2 is 1.97 bits per heavy atom. The third-order valence-electron chi connectivity index (χ3n) is 5.34. The van der Waals surface area contributed by atoms with E-state index in [1.807, 2.05) is 12.1 Å². The van der Waals surface area contributed by atoms with Gasteiger partial charge < -0.3 is 19.2 Å². The summed E-state index contributed by atoms with van der Waals surface area (Å²) < 4.78 is 42.6. The molecule has 8 nitrogen and oxygen atoms in total. The highest BCUT2D eigenvalue weighted by Crippen LogP contribution is 2.33. The van der Waals surface area contributed by atoms with Crippen molar-refractivity contribution in [2.24, 2.45) is 0 Å². The van der Waals surface area contributed by atoms with Crippen molar-refractivity contribution >= 4 is 26.9 Å². The van der Waals surface area contributed by atoms with E-state index in [4.69, 9.17) is 13.9 Å². The molecule has 0 saturated carbocycles. The Morgan fingerprint density at radius 3 is 2.79 bits per heavy atom. The number of hydrogen-bond donors (Lipinski definition) is 1. The Kier molecular flexibility index (Phi) is 6.07. The topological polar surface area (TPSA) is 98.1 Å². The maximum Gasteiger partial charge on any atom is 0.257 e. The second-order valence-electron chi connectivity index (χ2n) is 7.33. The first-order valence-electron chi connectivity index (χ1n) is 10.0. The van der Waals surface area contributed by atoms with Crippen molar-refractivity contribution in [3.05, 3.63) is 29.5 Å². The Bertz CT molecular complexity index is 978. The normalized spacial score (nSPS) is 17.8. The van der Waals surface area contributed by atoms with Crippen molar-refractivity contribution in [2.75, 3.05) is 45.2 Å². The van der Waals surface area contributed by atoms with Crippen LogP contribution in [-0.4, -0.2) is 63.8 Å². The fraction of sp³-hybridized carbons (Fsp3) is 0.550. The van der Waals surface area contributed by atoms with Gasteiger partial charge in [0.25, 0.3) is 5.91 Å². The standard InChI is InChI=1S/C20H26N2O6S/c23-20(21-7-12-29(24,25)22-8-10-26-11-9-22)14-27-15-5-6-19-17(13-15)16-3-1-2-4-18(16)28-19/h5-6,13H,1-4,7-12,14H2,(H,21,23). The Labute approximate surface area is 170 Å². The summed E-state index contributed by atoms with van der Waals surface area (Å²) in [4.78, 5) is 12.0. The largest absolute Gasteiger partial charge is 0.484 e. The summed E-state index contributed by atoms with van der Waals surface area (Å²) in [6, 6.07) is 5.57. The van der Waals surface area contributed by atoms with E-state index in [-0.39, 0.29) is 24.8 Å². The van der Waals surface area contributed by atoms with Gasteiger partial charge in [0.05, 0.1) is 19.0 Å². The molecule has 1 fully saturated rings. The lowest BCUT2D eigenvalue weighted by Crippen LogP contribution is -2.44. The third kappa shape index (κ3) is 4.73. The van der Waals surface area contributed by atoms with Gasteiger partial charge in [-0.15, -0.1) is 0 Å². The zero-order valence-electron chi connectivity index (χ0n) is 16.3. The van der Waals surface area contributed by atoms with Crippen LogP contribution < -0.4 is 10.1 Å². The summed E-state index contributed by atoms with van der Waals surface area (Å²) in [5.74, 6) is 1.17. The Hall–Kier alpha value is -2.10. The number of sulfonamides is 1. The van der Waals surface area contributed by atoms with E-state index in [0.29, 0.717) is 32.1 Å². The molecule has 1 aromatic carbocycles. The molecule has 0 bridgehead atoms. The number of rotatable bonds is 7. The monoisotopic (exact) mass is 422 g/mol. The lowest BCUT2D eigenvalue weighted by atomic mass is 9.96. The van der Waals surface area contributed by atoms with Gasteiger partial charge in [0, 0.05) is 37.0 Å². The van der Waals surface area contributed by atoms with Crippen molar-refractivity contribution in [1.29, 1.82) is 0 Å². The number of amides is 1. The van der Waals surface area contributed by atoms with Crippen LogP contribution in [0.25, 0.3) is 11.0 Å². The second kappa shape index (κ2) is 8.73. The molecule has 2 heterocycles. The van der Waals surface area contributed by atoms with Crippen LogP contribution in [-0.2, 0) is 32.4 Å². The van der Waals surface area contributed by atoms with E-state index in [1.165, 1.54) is 9.87 Å². The lowest BCUT2D eigenvalue weighted by molar-refractivity contribution is -0.122. The summed E-state index contributed by atoms with van der Waals surface area (Å²) in [7, 11) is -3.39. The summed E-state index contributed by atoms with van der Waals surface area (Å²) in [6.45, 7) is 1.42. The molecule has 29 heavy (non-hydrogen) atoms. The summed E-state index contributed by atoms with van der Waals surface area (Å²) >= 11 is 0. The number of fused-ring (bicyclic) bond motifs is 3. The van der Waals surface area contributed by atoms with Gasteiger partial charge in [-0.25, -0.2) is 8.42 Å². The van der Waals surface area contributed by atoms with Gasteiger partial charge in [-0.1, -0.05) is 0 Å². The number of nitrogens with one attached hydrogen (secondary N) is 1. The minimum atomic E-state index is -3.39. The molecular formula is C20H26N2O6S. The highest BCUT2D eigenvalue weighted by Gasteiger charge is 2.24. The summed E-state index contributed by atoms with van der Waals surface area (Å²) in [5.41, 5.74) is 2.09. The quantitative estimate of drug-likeness (QED) is 0.726. The molecule has 158 valence electrons. The maximum absolute atomic E-state index is 12.2. The number of aryl methyl sites for hydroxylation is 2. The molecule has 1 amide bonds. The number of ether oxygens (including phenoxy) is 2. The number of morpholine rings is 1. The predicted molar refractivity (Wildman–Crippen MR) is 108 cm³/mol. The van der Waals surface area contributed by atoms with Crippen molar-refractivity contribution in [3.8, 4) is 5.75 Å². The lowest BCUT2D eigenvalue weighted by Gasteiger charge is -2.26. The van der Waals surface area contributed by atoms with Gasteiger partial charge in [0.15, 0.2) is 6.61 Å². The highest BCUT2D eigenvalue weighted by molar-refractivity contribution is 7.89. The van der Waals surface area contributed by atoms with E-state index >= 15 is 0 Å². The zero-order chi connectivity index (χ0) is 20.3. The minimum Gasteiger partial charge on any atom is -0.484 e. The number of hydrogen-bond acceptors (Lipinski definition) is 6. The van der Waals surface area contributed by atoms with Crippen molar-refractivity contribution in [1.82, 2.24) is 9.62 Å². The van der Waals surface area contributed by atoms with Crippen LogP contribution in [0.3, 0.4) is 0 Å². The Balaban J connectivity index is 1.27. The molecule has 1 aromatic heterocycles. The Morgan fingerprint density at radius 1 is 1.17 bits per heavy atom. The first kappa shape index (κ1) is 20.2. The minimum absolute atomic E-state index is 0.0517. The smallest absolute Gasteiger partial charge is 0.257 e. The highest BCUT2D eigenvalue weighted by atomic mass is 32.2. The van der Waals surface area contributed by atoms with Crippen LogP contribution in [0.4, 0.5) is 0 Å². The van der Waals surface area contributed by atoms with E-state index in [0.717, 1.165) is 42.4 Å². The van der Waals surface area contributed by atoms with Crippen LogP contribution in [0.1, 0.15) is 24.2 Å². The molecule has 1 N–H and O–H groups in total. The van der Waals surface area contributed by atoms with Gasteiger partial charge in [0.1, 0.15) is 17.1 Å². The van der Waals surface area contributed by atoms with Crippen LogP contribution in [0.5, 0.6) is 5.75 Å². The van der Waals surface area contributed by atoms with Gasteiger partial charge in [-0.3, -0.25) is 4.79 Å².